The van der Waals surface area contributed by atoms with Gasteiger partial charge in [-0.15, -0.1) is 0 Å². The highest BCUT2D eigenvalue weighted by molar-refractivity contribution is 6.06. The summed E-state index contributed by atoms with van der Waals surface area (Å²) in [6, 6.07) is 18.6. The van der Waals surface area contributed by atoms with Crippen molar-refractivity contribution >= 4 is 17.5 Å². The van der Waals surface area contributed by atoms with Crippen LogP contribution in [0.4, 0.5) is 5.69 Å². The van der Waals surface area contributed by atoms with Gasteiger partial charge in [0.15, 0.2) is 5.78 Å². The molecule has 0 unspecified atom stereocenters. The Morgan fingerprint density at radius 2 is 1.77 bits per heavy atom. The zero-order valence-electron chi connectivity index (χ0n) is 11.9. The topological polar surface area (TPSA) is 71.8 Å². The molecular formula is C18H15N3O. The maximum Gasteiger partial charge on any atom is 0.185 e. The number of nitrogen functional groups attached to an aromatic ring is 1. The molecule has 0 radical (unpaired) electrons. The smallest absolute Gasteiger partial charge is 0.185 e. The molecule has 0 aliphatic heterocycles. The van der Waals surface area contributed by atoms with Crippen molar-refractivity contribution in [3.05, 3.63) is 78.0 Å². The second-order valence-electron chi connectivity index (χ2n) is 4.89. The van der Waals surface area contributed by atoms with Crippen molar-refractivity contribution in [2.45, 2.75) is 0 Å². The van der Waals surface area contributed by atoms with E-state index >= 15 is 0 Å². The van der Waals surface area contributed by atoms with Gasteiger partial charge in [-0.1, -0.05) is 30.3 Å². The highest BCUT2D eigenvalue weighted by Gasteiger charge is 2.03. The maximum atomic E-state index is 12.0. The van der Waals surface area contributed by atoms with Gasteiger partial charge in [-0.3, -0.25) is 9.89 Å². The summed E-state index contributed by atoms with van der Waals surface area (Å²) in [6.45, 7) is 0. The first kappa shape index (κ1) is 13.8. The highest BCUT2D eigenvalue weighted by Crippen LogP contribution is 2.17. The van der Waals surface area contributed by atoms with Crippen LogP contribution in [0.1, 0.15) is 16.1 Å². The van der Waals surface area contributed by atoms with Crippen LogP contribution in [-0.2, 0) is 0 Å². The van der Waals surface area contributed by atoms with E-state index in [9.17, 15) is 4.79 Å². The van der Waals surface area contributed by atoms with E-state index in [1.54, 1.807) is 30.3 Å². The van der Waals surface area contributed by atoms with E-state index in [2.05, 4.69) is 10.2 Å². The molecule has 1 heterocycles. The minimum absolute atomic E-state index is 0.0733. The average molecular weight is 289 g/mol. The quantitative estimate of drug-likeness (QED) is 0.438. The number of carbonyl (C=O) groups is 1. The van der Waals surface area contributed by atoms with E-state index in [0.717, 1.165) is 17.0 Å². The number of benzene rings is 2. The van der Waals surface area contributed by atoms with Crippen molar-refractivity contribution in [1.29, 1.82) is 0 Å². The van der Waals surface area contributed by atoms with Crippen molar-refractivity contribution in [2.75, 3.05) is 5.73 Å². The molecule has 0 atom stereocenters. The number of H-pyrrole nitrogens is 1. The third-order valence-electron chi connectivity index (χ3n) is 3.28. The third-order valence-corrected chi connectivity index (χ3v) is 3.28. The molecule has 0 amide bonds. The Morgan fingerprint density at radius 1 is 1.05 bits per heavy atom. The van der Waals surface area contributed by atoms with Crippen molar-refractivity contribution in [2.24, 2.45) is 0 Å². The van der Waals surface area contributed by atoms with Crippen LogP contribution >= 0.6 is 0 Å². The first-order valence-electron chi connectivity index (χ1n) is 6.91. The van der Waals surface area contributed by atoms with Gasteiger partial charge < -0.3 is 5.73 Å². The Bertz CT molecular complexity index is 802. The van der Waals surface area contributed by atoms with E-state index in [0.29, 0.717) is 11.3 Å². The predicted octanol–water partition coefficient (Wildman–Crippen LogP) is 3.56. The summed E-state index contributed by atoms with van der Waals surface area (Å²) in [5.41, 5.74) is 9.51. The summed E-state index contributed by atoms with van der Waals surface area (Å²) in [5.74, 6) is -0.0733. The zero-order chi connectivity index (χ0) is 15.4. The molecule has 2 aromatic carbocycles. The Hall–Kier alpha value is -3.14. The lowest BCUT2D eigenvalue weighted by Crippen LogP contribution is -1.94. The van der Waals surface area contributed by atoms with Crippen LogP contribution in [0, 0.1) is 0 Å². The lowest BCUT2D eigenvalue weighted by Gasteiger charge is -1.96. The molecule has 22 heavy (non-hydrogen) atoms. The summed E-state index contributed by atoms with van der Waals surface area (Å²) in [6.07, 6.45) is 3.24. The Kier molecular flexibility index (Phi) is 3.83. The van der Waals surface area contributed by atoms with E-state index in [-0.39, 0.29) is 5.78 Å². The monoisotopic (exact) mass is 289 g/mol. The van der Waals surface area contributed by atoms with Gasteiger partial charge in [0.2, 0.25) is 0 Å². The van der Waals surface area contributed by atoms with Gasteiger partial charge in [-0.25, -0.2) is 0 Å². The molecular weight excluding hydrogens is 274 g/mol. The summed E-state index contributed by atoms with van der Waals surface area (Å²) >= 11 is 0. The summed E-state index contributed by atoms with van der Waals surface area (Å²) in [7, 11) is 0. The minimum Gasteiger partial charge on any atom is -0.399 e. The van der Waals surface area contributed by atoms with E-state index in [1.165, 1.54) is 6.08 Å². The number of hydrogen-bond acceptors (Lipinski definition) is 3. The molecule has 0 saturated heterocycles. The number of aromatic amines is 1. The van der Waals surface area contributed by atoms with Crippen LogP contribution in [-0.4, -0.2) is 16.0 Å². The Balaban J connectivity index is 1.75. The summed E-state index contributed by atoms with van der Waals surface area (Å²) in [4.78, 5) is 12.0. The molecule has 1 aromatic heterocycles. The molecule has 3 rings (SSSR count). The van der Waals surface area contributed by atoms with E-state index in [4.69, 9.17) is 5.73 Å². The second kappa shape index (κ2) is 6.10. The Labute approximate surface area is 128 Å². The van der Waals surface area contributed by atoms with Gasteiger partial charge in [-0.05, 0) is 42.5 Å². The predicted molar refractivity (Wildman–Crippen MR) is 88.2 cm³/mol. The molecule has 0 fully saturated rings. The van der Waals surface area contributed by atoms with Gasteiger partial charge in [0.25, 0.3) is 0 Å². The lowest BCUT2D eigenvalue weighted by atomic mass is 10.1. The first-order valence-corrected chi connectivity index (χ1v) is 6.91. The zero-order valence-corrected chi connectivity index (χ0v) is 11.9. The molecule has 3 N–H and O–H groups in total. The fourth-order valence-electron chi connectivity index (χ4n) is 2.09. The first-order chi connectivity index (χ1) is 10.7. The van der Waals surface area contributed by atoms with Gasteiger partial charge in [-0.2, -0.15) is 5.10 Å². The fourth-order valence-corrected chi connectivity index (χ4v) is 2.09. The molecule has 0 spiro atoms. The number of nitrogens with two attached hydrogens (primary N) is 1. The van der Waals surface area contributed by atoms with Crippen LogP contribution in [0.2, 0.25) is 0 Å². The number of aromatic nitrogens is 2. The van der Waals surface area contributed by atoms with Gasteiger partial charge >= 0.3 is 0 Å². The van der Waals surface area contributed by atoms with Crippen molar-refractivity contribution in [1.82, 2.24) is 10.2 Å². The van der Waals surface area contributed by atoms with Gasteiger partial charge in [0, 0.05) is 16.8 Å². The second-order valence-corrected chi connectivity index (χ2v) is 4.89. The number of hydrogen-bond donors (Lipinski definition) is 2. The fraction of sp³-hybridized carbons (Fsp3) is 0. The lowest BCUT2D eigenvalue weighted by molar-refractivity contribution is 0.104. The number of nitrogens with one attached hydrogen (secondary N) is 1. The van der Waals surface area contributed by atoms with Gasteiger partial charge in [0.05, 0.1) is 11.4 Å². The van der Waals surface area contributed by atoms with Crippen LogP contribution in [0.25, 0.3) is 17.3 Å². The number of rotatable bonds is 4. The van der Waals surface area contributed by atoms with Crippen LogP contribution < -0.4 is 5.73 Å². The van der Waals surface area contributed by atoms with Crippen LogP contribution in [0.15, 0.2) is 66.7 Å². The average Bonchev–Trinajstić information content (AvgIpc) is 3.03. The normalized spacial score (nSPS) is 10.9. The number of carbonyl (C=O) groups excluding carboxylic acids is 1. The maximum absolute atomic E-state index is 12.0. The molecule has 0 saturated carbocycles. The van der Waals surface area contributed by atoms with Crippen molar-refractivity contribution in [3.63, 3.8) is 0 Å². The highest BCUT2D eigenvalue weighted by atomic mass is 16.1. The molecule has 0 aliphatic rings. The number of ketones is 1. The molecule has 4 nitrogen and oxygen atoms in total. The number of anilines is 1. The molecule has 0 aliphatic carbocycles. The molecule has 4 heteroatoms. The summed E-state index contributed by atoms with van der Waals surface area (Å²) in [5, 5.41) is 7.16. The standard InChI is InChI=1S/C18H15N3O/c19-15-8-6-14(7-9-15)18(22)11-10-16-12-17(21-20-16)13-4-2-1-3-5-13/h1-12H,19H2,(H,20,21)/b11-10+. The van der Waals surface area contributed by atoms with E-state index < -0.39 is 0 Å². The minimum atomic E-state index is -0.0733. The molecule has 108 valence electrons. The van der Waals surface area contributed by atoms with E-state index in [1.807, 2.05) is 36.4 Å². The SMILES string of the molecule is Nc1ccc(C(=O)/C=C/c2cc(-c3ccccc3)n[nH]2)cc1. The number of allylic oxidation sites excluding steroid dienone is 1. The number of nitrogens with zero attached hydrogens (tertiary/aromatic N) is 1. The molecule has 3 aromatic rings. The largest absolute Gasteiger partial charge is 0.399 e. The Morgan fingerprint density at radius 3 is 2.50 bits per heavy atom. The molecule has 0 bridgehead atoms. The van der Waals surface area contributed by atoms with Gasteiger partial charge in [0.1, 0.15) is 0 Å². The summed E-state index contributed by atoms with van der Waals surface area (Å²) < 4.78 is 0. The van der Waals surface area contributed by atoms with Crippen molar-refractivity contribution in [3.8, 4) is 11.3 Å². The van der Waals surface area contributed by atoms with Crippen LogP contribution in [0.3, 0.4) is 0 Å². The van der Waals surface area contributed by atoms with Crippen molar-refractivity contribution < 1.29 is 4.79 Å². The third kappa shape index (κ3) is 3.12. The van der Waals surface area contributed by atoms with Crippen LogP contribution in [0.5, 0.6) is 0 Å².